The molecule has 2 rings (SSSR count). The molecule has 0 aliphatic heterocycles. The standard InChI is InChI=1S/C15H15ClN2O2/c1-18(9-10-4-2-3-5-13(10)16)11-6-7-14(17)12(8-11)15(19)20/h2-8H,9,17H2,1H3,(H,19,20). The molecule has 0 aliphatic carbocycles. The fraction of sp³-hybridized carbons (Fsp3) is 0.133. The van der Waals surface area contributed by atoms with E-state index in [-0.39, 0.29) is 11.3 Å². The average molecular weight is 291 g/mol. The third-order valence-corrected chi connectivity index (χ3v) is 3.44. The van der Waals surface area contributed by atoms with Crippen molar-refractivity contribution in [1.29, 1.82) is 0 Å². The van der Waals surface area contributed by atoms with E-state index in [9.17, 15) is 4.79 Å². The summed E-state index contributed by atoms with van der Waals surface area (Å²) in [7, 11) is 1.88. The van der Waals surface area contributed by atoms with Gasteiger partial charge >= 0.3 is 5.97 Å². The Hall–Kier alpha value is -2.20. The molecule has 0 aliphatic rings. The zero-order valence-corrected chi connectivity index (χ0v) is 11.8. The molecule has 0 spiro atoms. The number of carboxylic acid groups (broad SMARTS) is 1. The number of anilines is 2. The number of hydrogen-bond donors (Lipinski definition) is 2. The Labute approximate surface area is 122 Å². The van der Waals surface area contributed by atoms with E-state index in [4.69, 9.17) is 22.4 Å². The molecule has 0 saturated heterocycles. The molecule has 5 heteroatoms. The van der Waals surface area contributed by atoms with E-state index >= 15 is 0 Å². The van der Waals surface area contributed by atoms with E-state index in [2.05, 4.69) is 0 Å². The summed E-state index contributed by atoms with van der Waals surface area (Å²) in [6.45, 7) is 0.586. The first-order valence-corrected chi connectivity index (χ1v) is 6.44. The monoisotopic (exact) mass is 290 g/mol. The highest BCUT2D eigenvalue weighted by molar-refractivity contribution is 6.31. The minimum atomic E-state index is -1.03. The molecular weight excluding hydrogens is 276 g/mol. The van der Waals surface area contributed by atoms with Gasteiger partial charge in [-0.05, 0) is 29.8 Å². The summed E-state index contributed by atoms with van der Waals surface area (Å²) in [5.74, 6) is -1.03. The van der Waals surface area contributed by atoms with Gasteiger partial charge in [-0.1, -0.05) is 29.8 Å². The summed E-state index contributed by atoms with van der Waals surface area (Å²) in [4.78, 5) is 13.0. The third kappa shape index (κ3) is 3.03. The van der Waals surface area contributed by atoms with Crippen molar-refractivity contribution in [2.24, 2.45) is 0 Å². The summed E-state index contributed by atoms with van der Waals surface area (Å²) >= 11 is 6.12. The largest absolute Gasteiger partial charge is 0.478 e. The van der Waals surface area contributed by atoms with Gasteiger partial charge in [0.05, 0.1) is 5.56 Å². The fourth-order valence-electron chi connectivity index (χ4n) is 1.94. The lowest BCUT2D eigenvalue weighted by Gasteiger charge is -2.21. The van der Waals surface area contributed by atoms with Crippen LogP contribution in [0.15, 0.2) is 42.5 Å². The van der Waals surface area contributed by atoms with E-state index in [1.165, 1.54) is 0 Å². The number of benzene rings is 2. The number of halogens is 1. The summed E-state index contributed by atoms with van der Waals surface area (Å²) in [6.07, 6.45) is 0. The van der Waals surface area contributed by atoms with Gasteiger partial charge in [0.1, 0.15) is 0 Å². The van der Waals surface area contributed by atoms with Crippen LogP contribution in [-0.4, -0.2) is 18.1 Å². The first kappa shape index (κ1) is 14.2. The van der Waals surface area contributed by atoms with Crippen LogP contribution >= 0.6 is 11.6 Å². The van der Waals surface area contributed by atoms with Crippen LogP contribution < -0.4 is 10.6 Å². The normalized spacial score (nSPS) is 10.3. The number of nitrogens with zero attached hydrogens (tertiary/aromatic N) is 1. The van der Waals surface area contributed by atoms with Gasteiger partial charge in [-0.15, -0.1) is 0 Å². The summed E-state index contributed by atoms with van der Waals surface area (Å²) in [5.41, 5.74) is 7.76. The number of carboxylic acids is 1. The first-order chi connectivity index (χ1) is 9.49. The summed E-state index contributed by atoms with van der Waals surface area (Å²) in [6, 6.07) is 12.5. The van der Waals surface area contributed by atoms with Crippen molar-refractivity contribution in [3.63, 3.8) is 0 Å². The van der Waals surface area contributed by atoms with Gasteiger partial charge in [0.15, 0.2) is 0 Å². The Kier molecular flexibility index (Phi) is 4.15. The molecule has 0 amide bonds. The lowest BCUT2D eigenvalue weighted by atomic mass is 10.1. The van der Waals surface area contributed by atoms with Gasteiger partial charge in [0.2, 0.25) is 0 Å². The molecular formula is C15H15ClN2O2. The topological polar surface area (TPSA) is 66.6 Å². The first-order valence-electron chi connectivity index (χ1n) is 6.06. The summed E-state index contributed by atoms with van der Waals surface area (Å²) in [5, 5.41) is 9.77. The molecule has 0 heterocycles. The van der Waals surface area contributed by atoms with Crippen LogP contribution in [0.4, 0.5) is 11.4 Å². The lowest BCUT2D eigenvalue weighted by Crippen LogP contribution is -2.17. The minimum Gasteiger partial charge on any atom is -0.478 e. The van der Waals surface area contributed by atoms with Crippen molar-refractivity contribution in [3.8, 4) is 0 Å². The number of nitrogens with two attached hydrogens (primary N) is 1. The number of rotatable bonds is 4. The van der Waals surface area contributed by atoms with Crippen LogP contribution in [0.3, 0.4) is 0 Å². The SMILES string of the molecule is CN(Cc1ccccc1Cl)c1ccc(N)c(C(=O)O)c1. The van der Waals surface area contributed by atoms with Gasteiger partial charge < -0.3 is 15.7 Å². The van der Waals surface area contributed by atoms with Crippen LogP contribution in [0.2, 0.25) is 5.02 Å². The molecule has 0 unspecified atom stereocenters. The maximum atomic E-state index is 11.1. The second kappa shape index (κ2) is 5.84. The van der Waals surface area contributed by atoms with Crippen molar-refractivity contribution >= 4 is 28.9 Å². The molecule has 0 aromatic heterocycles. The lowest BCUT2D eigenvalue weighted by molar-refractivity contribution is 0.0698. The van der Waals surface area contributed by atoms with Crippen LogP contribution in [0.25, 0.3) is 0 Å². The molecule has 2 aromatic rings. The smallest absolute Gasteiger partial charge is 0.337 e. The van der Waals surface area contributed by atoms with E-state index in [0.29, 0.717) is 11.6 Å². The van der Waals surface area contributed by atoms with Crippen LogP contribution in [0, 0.1) is 0 Å². The maximum absolute atomic E-state index is 11.1. The van der Waals surface area contributed by atoms with Gasteiger partial charge in [0, 0.05) is 30.0 Å². The molecule has 0 bridgehead atoms. The Morgan fingerprint density at radius 1 is 1.30 bits per heavy atom. The molecule has 4 nitrogen and oxygen atoms in total. The number of aromatic carboxylic acids is 1. The Bertz CT molecular complexity index is 644. The molecule has 0 radical (unpaired) electrons. The van der Waals surface area contributed by atoms with Gasteiger partial charge in [0.25, 0.3) is 0 Å². The second-order valence-corrected chi connectivity index (χ2v) is 4.93. The van der Waals surface area contributed by atoms with Crippen molar-refractivity contribution in [2.75, 3.05) is 17.7 Å². The van der Waals surface area contributed by atoms with Gasteiger partial charge in [-0.2, -0.15) is 0 Å². The van der Waals surface area contributed by atoms with Gasteiger partial charge in [-0.3, -0.25) is 0 Å². The predicted octanol–water partition coefficient (Wildman–Crippen LogP) is 3.26. The van der Waals surface area contributed by atoms with E-state index in [1.807, 2.05) is 36.2 Å². The highest BCUT2D eigenvalue weighted by Crippen LogP contribution is 2.24. The Morgan fingerprint density at radius 2 is 2.00 bits per heavy atom. The van der Waals surface area contributed by atoms with Crippen LogP contribution in [0.1, 0.15) is 15.9 Å². The van der Waals surface area contributed by atoms with E-state index in [1.54, 1.807) is 18.2 Å². The van der Waals surface area contributed by atoms with Crippen molar-refractivity contribution in [1.82, 2.24) is 0 Å². The van der Waals surface area contributed by atoms with E-state index in [0.717, 1.165) is 11.3 Å². The molecule has 104 valence electrons. The average Bonchev–Trinajstić information content (AvgIpc) is 2.41. The predicted molar refractivity (Wildman–Crippen MR) is 81.4 cm³/mol. The molecule has 3 N–H and O–H groups in total. The van der Waals surface area contributed by atoms with Crippen LogP contribution in [0.5, 0.6) is 0 Å². The third-order valence-electron chi connectivity index (χ3n) is 3.07. The number of carbonyl (C=O) groups is 1. The molecule has 0 saturated carbocycles. The van der Waals surface area contributed by atoms with Crippen LogP contribution in [-0.2, 0) is 6.54 Å². The Morgan fingerprint density at radius 3 is 2.65 bits per heavy atom. The van der Waals surface area contributed by atoms with Crippen molar-refractivity contribution < 1.29 is 9.90 Å². The molecule has 0 atom stereocenters. The summed E-state index contributed by atoms with van der Waals surface area (Å²) < 4.78 is 0. The Balaban J connectivity index is 2.26. The zero-order valence-electron chi connectivity index (χ0n) is 11.0. The van der Waals surface area contributed by atoms with Gasteiger partial charge in [-0.25, -0.2) is 4.79 Å². The zero-order chi connectivity index (χ0) is 14.7. The molecule has 0 fully saturated rings. The molecule has 2 aromatic carbocycles. The number of nitrogen functional groups attached to an aromatic ring is 1. The highest BCUT2D eigenvalue weighted by Gasteiger charge is 2.11. The fourth-order valence-corrected chi connectivity index (χ4v) is 2.14. The second-order valence-electron chi connectivity index (χ2n) is 4.52. The van der Waals surface area contributed by atoms with E-state index < -0.39 is 5.97 Å². The number of hydrogen-bond acceptors (Lipinski definition) is 3. The van der Waals surface area contributed by atoms with Crippen molar-refractivity contribution in [2.45, 2.75) is 6.54 Å². The quantitative estimate of drug-likeness (QED) is 0.848. The maximum Gasteiger partial charge on any atom is 0.337 e. The minimum absolute atomic E-state index is 0.105. The molecule has 20 heavy (non-hydrogen) atoms. The van der Waals surface area contributed by atoms with Crippen molar-refractivity contribution in [3.05, 3.63) is 58.6 Å². The highest BCUT2D eigenvalue weighted by atomic mass is 35.5.